The Morgan fingerprint density at radius 3 is 2.76 bits per heavy atom. The molecule has 0 fully saturated rings. The van der Waals surface area contributed by atoms with E-state index in [4.69, 9.17) is 9.47 Å². The smallest absolute Gasteiger partial charge is 0.338 e. The van der Waals surface area contributed by atoms with Crippen LogP contribution in [0.1, 0.15) is 15.9 Å². The lowest BCUT2D eigenvalue weighted by Crippen LogP contribution is -2.05. The zero-order valence-electron chi connectivity index (χ0n) is 11.4. The van der Waals surface area contributed by atoms with Gasteiger partial charge in [0.05, 0.1) is 5.56 Å². The lowest BCUT2D eigenvalue weighted by molar-refractivity contribution is 0.0549. The molecule has 0 unspecified atom stereocenters. The Morgan fingerprint density at radius 1 is 1.19 bits per heavy atom. The number of carbonyl (C=O) groups excluding carboxylic acids is 1. The second-order valence-electron chi connectivity index (χ2n) is 4.30. The van der Waals surface area contributed by atoms with Crippen molar-refractivity contribution in [2.75, 3.05) is 6.61 Å². The van der Waals surface area contributed by atoms with Crippen molar-refractivity contribution in [1.29, 1.82) is 0 Å². The summed E-state index contributed by atoms with van der Waals surface area (Å²) in [5.74, 6) is -0.295. The summed E-state index contributed by atoms with van der Waals surface area (Å²) >= 11 is 0. The largest absolute Gasteiger partial charge is 0.489 e. The van der Waals surface area contributed by atoms with Crippen molar-refractivity contribution in [3.8, 4) is 5.75 Å². The van der Waals surface area contributed by atoms with Crippen LogP contribution in [0.3, 0.4) is 0 Å². The maximum atomic E-state index is 13.5. The van der Waals surface area contributed by atoms with Crippen LogP contribution in [-0.4, -0.2) is 12.6 Å². The summed E-state index contributed by atoms with van der Waals surface area (Å²) in [7, 11) is 0. The summed E-state index contributed by atoms with van der Waals surface area (Å²) in [4.78, 5) is 11.7. The highest BCUT2D eigenvalue weighted by Crippen LogP contribution is 2.17. The molecule has 0 heterocycles. The molecular formula is C17H15FO3. The van der Waals surface area contributed by atoms with Crippen molar-refractivity contribution in [2.24, 2.45) is 0 Å². The fraction of sp³-hybridized carbons (Fsp3) is 0.118. The molecule has 0 aliphatic carbocycles. The van der Waals surface area contributed by atoms with E-state index in [9.17, 15) is 9.18 Å². The van der Waals surface area contributed by atoms with Gasteiger partial charge in [-0.25, -0.2) is 9.18 Å². The predicted octanol–water partition coefficient (Wildman–Crippen LogP) is 3.75. The number of hydrogen-bond acceptors (Lipinski definition) is 3. The van der Waals surface area contributed by atoms with Gasteiger partial charge in [0.25, 0.3) is 0 Å². The molecule has 0 bridgehead atoms. The summed E-state index contributed by atoms with van der Waals surface area (Å²) in [5, 5.41) is 0. The van der Waals surface area contributed by atoms with Gasteiger partial charge in [-0.1, -0.05) is 36.9 Å². The molecule has 0 saturated heterocycles. The number of ether oxygens (including phenoxy) is 2. The standard InChI is InChI=1S/C17H15FO3/c1-2-10-20-17(19)13-7-5-8-15(11-13)21-12-14-6-3-4-9-16(14)18/h2-9,11H,1,10,12H2. The Balaban J connectivity index is 2.03. The van der Waals surface area contributed by atoms with Gasteiger partial charge in [-0.15, -0.1) is 0 Å². The molecule has 0 spiro atoms. The second-order valence-corrected chi connectivity index (χ2v) is 4.30. The van der Waals surface area contributed by atoms with Gasteiger partial charge in [0.2, 0.25) is 0 Å². The first-order valence-electron chi connectivity index (χ1n) is 6.45. The fourth-order valence-electron chi connectivity index (χ4n) is 1.71. The zero-order valence-corrected chi connectivity index (χ0v) is 11.4. The minimum atomic E-state index is -0.453. The van der Waals surface area contributed by atoms with E-state index in [1.54, 1.807) is 42.5 Å². The third-order valence-electron chi connectivity index (χ3n) is 2.75. The van der Waals surface area contributed by atoms with Gasteiger partial charge in [-0.3, -0.25) is 0 Å². The first-order chi connectivity index (χ1) is 10.2. The van der Waals surface area contributed by atoms with E-state index in [0.717, 1.165) is 0 Å². The average Bonchev–Trinajstić information content (AvgIpc) is 2.52. The zero-order chi connectivity index (χ0) is 15.1. The van der Waals surface area contributed by atoms with Gasteiger partial charge in [0, 0.05) is 5.56 Å². The molecule has 0 amide bonds. The Hall–Kier alpha value is -2.62. The minimum Gasteiger partial charge on any atom is -0.489 e. The van der Waals surface area contributed by atoms with E-state index >= 15 is 0 Å². The highest BCUT2D eigenvalue weighted by atomic mass is 19.1. The van der Waals surface area contributed by atoms with Crippen LogP contribution in [0, 0.1) is 5.82 Å². The normalized spacial score (nSPS) is 9.95. The third kappa shape index (κ3) is 4.18. The Morgan fingerprint density at radius 2 is 2.00 bits per heavy atom. The van der Waals surface area contributed by atoms with Gasteiger partial charge >= 0.3 is 5.97 Å². The van der Waals surface area contributed by atoms with Crippen LogP contribution >= 0.6 is 0 Å². The highest BCUT2D eigenvalue weighted by Gasteiger charge is 2.08. The Kier molecular flexibility index (Phi) is 5.10. The van der Waals surface area contributed by atoms with Gasteiger partial charge in [-0.2, -0.15) is 0 Å². The third-order valence-corrected chi connectivity index (χ3v) is 2.75. The van der Waals surface area contributed by atoms with E-state index in [1.165, 1.54) is 12.1 Å². The maximum Gasteiger partial charge on any atom is 0.338 e. The maximum absolute atomic E-state index is 13.5. The lowest BCUT2D eigenvalue weighted by atomic mass is 10.2. The van der Waals surface area contributed by atoms with E-state index in [1.807, 2.05) is 0 Å². The molecule has 0 aromatic heterocycles. The number of carbonyl (C=O) groups is 1. The summed E-state index contributed by atoms with van der Waals surface area (Å²) in [6, 6.07) is 13.0. The van der Waals surface area contributed by atoms with Gasteiger partial charge < -0.3 is 9.47 Å². The predicted molar refractivity (Wildman–Crippen MR) is 77.7 cm³/mol. The van der Waals surface area contributed by atoms with Crippen LogP contribution in [0.2, 0.25) is 0 Å². The molecule has 0 aliphatic heterocycles. The molecule has 0 N–H and O–H groups in total. The van der Waals surface area contributed by atoms with Crippen molar-refractivity contribution in [3.05, 3.63) is 78.1 Å². The van der Waals surface area contributed by atoms with Crippen LogP contribution in [0.5, 0.6) is 5.75 Å². The molecule has 108 valence electrons. The Bertz CT molecular complexity index is 637. The minimum absolute atomic E-state index is 0.0951. The molecule has 0 radical (unpaired) electrons. The van der Waals surface area contributed by atoms with Crippen LogP contribution in [0.15, 0.2) is 61.2 Å². The van der Waals surface area contributed by atoms with Crippen LogP contribution in [0.4, 0.5) is 4.39 Å². The molecule has 0 aliphatic rings. The van der Waals surface area contributed by atoms with E-state index in [-0.39, 0.29) is 19.0 Å². The number of hydrogen-bond donors (Lipinski definition) is 0. The van der Waals surface area contributed by atoms with Crippen molar-refractivity contribution >= 4 is 5.97 Å². The monoisotopic (exact) mass is 286 g/mol. The second kappa shape index (κ2) is 7.24. The molecule has 21 heavy (non-hydrogen) atoms. The summed E-state index contributed by atoms with van der Waals surface area (Å²) in [6.07, 6.45) is 1.50. The lowest BCUT2D eigenvalue weighted by Gasteiger charge is -2.08. The van der Waals surface area contributed by atoms with Gasteiger partial charge in [-0.05, 0) is 24.3 Å². The summed E-state index contributed by atoms with van der Waals surface area (Å²) in [6.45, 7) is 3.72. The molecule has 2 rings (SSSR count). The molecule has 2 aromatic carbocycles. The number of rotatable bonds is 6. The first kappa shape index (κ1) is 14.8. The van der Waals surface area contributed by atoms with Crippen LogP contribution in [0.25, 0.3) is 0 Å². The van der Waals surface area contributed by atoms with Crippen molar-refractivity contribution in [2.45, 2.75) is 6.61 Å². The Labute approximate surface area is 122 Å². The SMILES string of the molecule is C=CCOC(=O)c1cccc(OCc2ccccc2F)c1. The quantitative estimate of drug-likeness (QED) is 0.599. The van der Waals surface area contributed by atoms with Gasteiger partial charge in [0.1, 0.15) is 24.8 Å². The molecule has 3 nitrogen and oxygen atoms in total. The molecule has 0 atom stereocenters. The number of esters is 1. The molecule has 2 aromatic rings. The molecule has 0 saturated carbocycles. The van der Waals surface area contributed by atoms with Gasteiger partial charge in [0.15, 0.2) is 0 Å². The highest BCUT2D eigenvalue weighted by molar-refractivity contribution is 5.89. The van der Waals surface area contributed by atoms with E-state index < -0.39 is 5.97 Å². The van der Waals surface area contributed by atoms with E-state index in [0.29, 0.717) is 16.9 Å². The first-order valence-corrected chi connectivity index (χ1v) is 6.45. The average molecular weight is 286 g/mol. The van der Waals surface area contributed by atoms with Crippen LogP contribution < -0.4 is 4.74 Å². The summed E-state index contributed by atoms with van der Waals surface area (Å²) < 4.78 is 23.9. The fourth-order valence-corrected chi connectivity index (χ4v) is 1.71. The topological polar surface area (TPSA) is 35.5 Å². The molecular weight excluding hydrogens is 271 g/mol. The van der Waals surface area contributed by atoms with Crippen molar-refractivity contribution in [1.82, 2.24) is 0 Å². The molecule has 4 heteroatoms. The van der Waals surface area contributed by atoms with Crippen molar-refractivity contribution in [3.63, 3.8) is 0 Å². The number of benzene rings is 2. The van der Waals surface area contributed by atoms with Crippen LogP contribution in [-0.2, 0) is 11.3 Å². The number of halogens is 1. The van der Waals surface area contributed by atoms with E-state index in [2.05, 4.69) is 6.58 Å². The summed E-state index contributed by atoms with van der Waals surface area (Å²) in [5.41, 5.74) is 0.833. The van der Waals surface area contributed by atoms with Crippen molar-refractivity contribution < 1.29 is 18.7 Å².